The Labute approximate surface area is 152 Å². The summed E-state index contributed by atoms with van der Waals surface area (Å²) in [4.78, 5) is 34.7. The highest BCUT2D eigenvalue weighted by Crippen LogP contribution is 2.28. The first-order valence-corrected chi connectivity index (χ1v) is 8.58. The quantitative estimate of drug-likeness (QED) is 0.371. The fourth-order valence-electron chi connectivity index (χ4n) is 2.74. The molecule has 1 amide bonds. The van der Waals surface area contributed by atoms with Gasteiger partial charge >= 0.3 is 19.0 Å². The summed E-state index contributed by atoms with van der Waals surface area (Å²) in [6.07, 6.45) is 1.51. The minimum absolute atomic E-state index is 0.0162. The number of anilines is 1. The molecule has 0 bridgehead atoms. The molecular formula is C17H23BN2O6. The predicted molar refractivity (Wildman–Crippen MR) is 95.5 cm³/mol. The normalized spacial score (nSPS) is 15.5. The van der Waals surface area contributed by atoms with E-state index >= 15 is 0 Å². The highest BCUT2D eigenvalue weighted by Gasteiger charge is 2.34. The van der Waals surface area contributed by atoms with E-state index in [0.717, 1.165) is 12.0 Å². The predicted octanol–water partition coefficient (Wildman–Crippen LogP) is 0.679. The minimum Gasteiger partial charge on any atom is -0.462 e. The van der Waals surface area contributed by atoms with Crippen molar-refractivity contribution in [3.05, 3.63) is 29.3 Å². The molecule has 8 nitrogen and oxygen atoms in total. The molecule has 0 unspecified atom stereocenters. The van der Waals surface area contributed by atoms with E-state index in [-0.39, 0.29) is 24.7 Å². The van der Waals surface area contributed by atoms with Gasteiger partial charge in [0.05, 0.1) is 11.5 Å². The maximum Gasteiger partial charge on any atom is 0.434 e. The molecular weight excluding hydrogens is 339 g/mol. The first kappa shape index (κ1) is 19.8. The van der Waals surface area contributed by atoms with Gasteiger partial charge in [-0.15, -0.1) is 0 Å². The molecule has 0 saturated carbocycles. The second-order valence-corrected chi connectivity index (χ2v) is 6.03. The van der Waals surface area contributed by atoms with Gasteiger partial charge in [0.25, 0.3) is 0 Å². The molecule has 0 radical (unpaired) electrons. The summed E-state index contributed by atoms with van der Waals surface area (Å²) in [6, 6.07) is 5.12. The molecule has 0 aromatic heterocycles. The Morgan fingerprint density at radius 3 is 2.73 bits per heavy atom. The molecule has 1 atom stereocenters. The number of amides is 1. The molecule has 0 saturated heterocycles. The summed E-state index contributed by atoms with van der Waals surface area (Å²) in [5.74, 6) is -1.62. The van der Waals surface area contributed by atoms with E-state index in [1.165, 1.54) is 6.92 Å². The number of hydrogen-bond donors (Lipinski definition) is 3. The Hall–Kier alpha value is -2.55. The van der Waals surface area contributed by atoms with Crippen LogP contribution in [0.2, 0.25) is 0 Å². The van der Waals surface area contributed by atoms with Gasteiger partial charge in [-0.3, -0.25) is 9.59 Å². The van der Waals surface area contributed by atoms with Crippen molar-refractivity contribution >= 4 is 30.6 Å². The number of carbonyl (C=O) groups is 3. The van der Waals surface area contributed by atoms with Crippen LogP contribution in [0.3, 0.4) is 0 Å². The fourth-order valence-corrected chi connectivity index (χ4v) is 2.74. The van der Waals surface area contributed by atoms with Crippen LogP contribution < -0.4 is 10.5 Å². The van der Waals surface area contributed by atoms with Gasteiger partial charge in [0.2, 0.25) is 5.91 Å². The number of ether oxygens (including phenoxy) is 2. The Balaban J connectivity index is 2.04. The maximum atomic E-state index is 12.3. The van der Waals surface area contributed by atoms with Crippen LogP contribution in [-0.2, 0) is 25.5 Å². The number of esters is 2. The molecule has 26 heavy (non-hydrogen) atoms. The molecule has 1 aliphatic heterocycles. The second-order valence-electron chi connectivity index (χ2n) is 6.03. The van der Waals surface area contributed by atoms with E-state index in [9.17, 15) is 19.4 Å². The van der Waals surface area contributed by atoms with Crippen molar-refractivity contribution in [3.8, 4) is 0 Å². The number of fused-ring (bicyclic) bond motifs is 1. The third kappa shape index (κ3) is 5.22. The fraction of sp³-hybridized carbons (Fsp3) is 0.471. The molecule has 1 heterocycles. The van der Waals surface area contributed by atoms with Crippen LogP contribution in [0.4, 0.5) is 5.69 Å². The van der Waals surface area contributed by atoms with E-state index in [0.29, 0.717) is 18.5 Å². The smallest absolute Gasteiger partial charge is 0.434 e. The van der Waals surface area contributed by atoms with Gasteiger partial charge in [-0.05, 0) is 24.5 Å². The van der Waals surface area contributed by atoms with Crippen molar-refractivity contribution in [1.82, 2.24) is 5.32 Å². The molecule has 3 N–H and O–H groups in total. The van der Waals surface area contributed by atoms with Crippen LogP contribution >= 0.6 is 0 Å². The highest BCUT2D eigenvalue weighted by molar-refractivity contribution is 6.57. The van der Waals surface area contributed by atoms with Crippen LogP contribution in [0.15, 0.2) is 18.2 Å². The average molecular weight is 362 g/mol. The summed E-state index contributed by atoms with van der Waals surface area (Å²) in [5.41, 5.74) is 1.56. The standard InChI is InChI=1S/C17H23BN2O6/c1-3-5-15(22)19-14-10-12-6-4-7-13(16(12)20-18(14)24)17(23)26-9-8-25-11(2)21/h4,6-7,14,20,24H,3,5,8-10H2,1-2H3,(H,19,22)/t14-/m0/s1. The molecule has 140 valence electrons. The number of para-hydroxylation sites is 1. The van der Waals surface area contributed by atoms with Gasteiger partial charge in [-0.2, -0.15) is 0 Å². The zero-order valence-electron chi connectivity index (χ0n) is 14.9. The summed E-state index contributed by atoms with van der Waals surface area (Å²) in [5, 5.41) is 15.9. The zero-order chi connectivity index (χ0) is 19.1. The zero-order valence-corrected chi connectivity index (χ0v) is 14.9. The van der Waals surface area contributed by atoms with Gasteiger partial charge in [-0.1, -0.05) is 19.1 Å². The van der Waals surface area contributed by atoms with Crippen LogP contribution in [0.25, 0.3) is 0 Å². The third-order valence-electron chi connectivity index (χ3n) is 3.93. The largest absolute Gasteiger partial charge is 0.462 e. The second kappa shape index (κ2) is 9.24. The summed E-state index contributed by atoms with van der Waals surface area (Å²) in [6.45, 7) is 3.11. The number of carbonyl (C=O) groups excluding carboxylic acids is 3. The molecule has 2 rings (SSSR count). The molecule has 9 heteroatoms. The highest BCUT2D eigenvalue weighted by atomic mass is 16.6. The van der Waals surface area contributed by atoms with E-state index in [2.05, 4.69) is 10.5 Å². The Morgan fingerprint density at radius 1 is 1.31 bits per heavy atom. The Bertz CT molecular complexity index is 681. The van der Waals surface area contributed by atoms with Crippen LogP contribution in [0.1, 0.15) is 42.6 Å². The van der Waals surface area contributed by atoms with E-state index in [1.807, 2.05) is 13.0 Å². The average Bonchev–Trinajstić information content (AvgIpc) is 2.58. The van der Waals surface area contributed by atoms with E-state index < -0.39 is 24.9 Å². The van der Waals surface area contributed by atoms with Gasteiger partial charge in [0, 0.05) is 19.0 Å². The van der Waals surface area contributed by atoms with Crippen molar-refractivity contribution in [2.24, 2.45) is 0 Å². The van der Waals surface area contributed by atoms with Gasteiger partial charge in [0.15, 0.2) is 0 Å². The lowest BCUT2D eigenvalue weighted by Gasteiger charge is -2.30. The maximum absolute atomic E-state index is 12.3. The lowest BCUT2D eigenvalue weighted by atomic mass is 9.66. The van der Waals surface area contributed by atoms with Crippen molar-refractivity contribution in [2.75, 3.05) is 18.4 Å². The first-order chi connectivity index (χ1) is 12.4. The minimum atomic E-state index is -1.02. The lowest BCUT2D eigenvalue weighted by Crippen LogP contribution is -2.54. The summed E-state index contributed by atoms with van der Waals surface area (Å²) >= 11 is 0. The Kier molecular flexibility index (Phi) is 7.02. The van der Waals surface area contributed by atoms with Crippen molar-refractivity contribution in [1.29, 1.82) is 0 Å². The Morgan fingerprint density at radius 2 is 2.04 bits per heavy atom. The van der Waals surface area contributed by atoms with Crippen molar-refractivity contribution < 1.29 is 28.9 Å². The number of benzene rings is 1. The van der Waals surface area contributed by atoms with Gasteiger partial charge in [0.1, 0.15) is 13.2 Å². The summed E-state index contributed by atoms with van der Waals surface area (Å²) < 4.78 is 9.81. The van der Waals surface area contributed by atoms with Crippen LogP contribution in [-0.4, -0.2) is 49.1 Å². The molecule has 1 aromatic rings. The van der Waals surface area contributed by atoms with Crippen molar-refractivity contribution in [3.63, 3.8) is 0 Å². The molecule has 0 aliphatic carbocycles. The topological polar surface area (TPSA) is 114 Å². The lowest BCUT2D eigenvalue weighted by molar-refractivity contribution is -0.142. The van der Waals surface area contributed by atoms with E-state index in [1.54, 1.807) is 12.1 Å². The SMILES string of the molecule is CCCC(=O)N[C@H]1Cc2cccc(C(=O)OCCOC(C)=O)c2NB1O. The van der Waals surface area contributed by atoms with Crippen molar-refractivity contribution in [2.45, 2.75) is 39.1 Å². The van der Waals surface area contributed by atoms with Gasteiger partial charge in [-0.25, -0.2) is 4.79 Å². The van der Waals surface area contributed by atoms with E-state index in [4.69, 9.17) is 9.47 Å². The van der Waals surface area contributed by atoms with Crippen LogP contribution in [0, 0.1) is 0 Å². The number of nitrogens with one attached hydrogen (secondary N) is 2. The molecule has 1 aromatic carbocycles. The molecule has 0 fully saturated rings. The third-order valence-corrected chi connectivity index (χ3v) is 3.93. The monoisotopic (exact) mass is 362 g/mol. The first-order valence-electron chi connectivity index (χ1n) is 8.58. The van der Waals surface area contributed by atoms with Gasteiger partial charge < -0.3 is 25.0 Å². The summed E-state index contributed by atoms with van der Waals surface area (Å²) in [7, 11) is -1.02. The number of hydrogen-bond acceptors (Lipinski definition) is 7. The number of rotatable bonds is 7. The van der Waals surface area contributed by atoms with Crippen LogP contribution in [0.5, 0.6) is 0 Å². The molecule has 1 aliphatic rings. The molecule has 0 spiro atoms.